The zero-order valence-corrected chi connectivity index (χ0v) is 15.8. The topological polar surface area (TPSA) is 28.7 Å². The highest BCUT2D eigenvalue weighted by Gasteiger charge is 2.09. The van der Waals surface area contributed by atoms with E-state index in [9.17, 15) is 0 Å². The summed E-state index contributed by atoms with van der Waals surface area (Å²) in [6.45, 7) is 0. The summed E-state index contributed by atoms with van der Waals surface area (Å²) >= 11 is 0. The maximum absolute atomic E-state index is 4.77. The van der Waals surface area contributed by atoms with Crippen molar-refractivity contribution >= 4 is 32.6 Å². The molecule has 0 aliphatic carbocycles. The molecule has 0 atom stereocenters. The van der Waals surface area contributed by atoms with E-state index in [1.54, 1.807) is 0 Å². The van der Waals surface area contributed by atoms with E-state index in [-0.39, 0.29) is 0 Å². The summed E-state index contributed by atoms with van der Waals surface area (Å²) in [5, 5.41) is 5.07. The molecule has 0 unspecified atom stereocenters. The molecule has 0 spiro atoms. The van der Waals surface area contributed by atoms with Crippen LogP contribution in [-0.2, 0) is 0 Å². The summed E-state index contributed by atoms with van der Waals surface area (Å²) < 4.78 is 0. The molecule has 0 aliphatic rings. The van der Waals surface area contributed by atoms with E-state index in [0.29, 0.717) is 0 Å². The van der Waals surface area contributed by atoms with Crippen LogP contribution in [0.25, 0.3) is 55.1 Å². The van der Waals surface area contributed by atoms with Gasteiger partial charge in [-0.15, -0.1) is 0 Å². The smallest absolute Gasteiger partial charge is 0.138 e. The summed E-state index contributed by atoms with van der Waals surface area (Å²) in [6.07, 6.45) is 0. The fraction of sp³-hybridized carbons (Fsp3) is 0. The van der Waals surface area contributed by atoms with Crippen LogP contribution < -0.4 is 0 Å². The molecule has 0 radical (unpaired) electrons. The number of hydrogen-bond donors (Lipinski definition) is 1. The van der Waals surface area contributed by atoms with E-state index in [0.717, 1.165) is 22.4 Å². The van der Waals surface area contributed by atoms with Crippen LogP contribution in [0.4, 0.5) is 0 Å². The summed E-state index contributed by atoms with van der Waals surface area (Å²) in [5.74, 6) is 0.904. The number of rotatable bonds is 2. The molecule has 136 valence electrons. The molecule has 0 bridgehead atoms. The summed E-state index contributed by atoms with van der Waals surface area (Å²) in [4.78, 5) is 8.25. The van der Waals surface area contributed by atoms with Crippen molar-refractivity contribution in [2.24, 2.45) is 0 Å². The molecule has 0 fully saturated rings. The number of nitrogens with one attached hydrogen (secondary N) is 1. The van der Waals surface area contributed by atoms with Crippen molar-refractivity contribution in [3.63, 3.8) is 0 Å². The average molecular weight is 370 g/mol. The Morgan fingerprint density at radius 3 is 2.17 bits per heavy atom. The quantitative estimate of drug-likeness (QED) is 0.321. The largest absolute Gasteiger partial charge is 0.338 e. The van der Waals surface area contributed by atoms with Crippen LogP contribution in [0, 0.1) is 0 Å². The molecule has 2 heteroatoms. The van der Waals surface area contributed by atoms with Crippen LogP contribution in [-0.4, -0.2) is 9.97 Å². The number of fused-ring (bicyclic) bond motifs is 3. The summed E-state index contributed by atoms with van der Waals surface area (Å²) in [5.41, 5.74) is 5.58. The molecule has 1 heterocycles. The molecule has 0 saturated carbocycles. The molecular formula is C27H18N2. The molecule has 2 nitrogen and oxygen atoms in total. The van der Waals surface area contributed by atoms with Crippen LogP contribution in [0.1, 0.15) is 0 Å². The number of H-pyrrole nitrogens is 1. The van der Waals surface area contributed by atoms with Gasteiger partial charge < -0.3 is 4.98 Å². The minimum Gasteiger partial charge on any atom is -0.338 e. The molecule has 0 amide bonds. The van der Waals surface area contributed by atoms with Gasteiger partial charge in [0.15, 0.2) is 0 Å². The molecule has 29 heavy (non-hydrogen) atoms. The van der Waals surface area contributed by atoms with E-state index >= 15 is 0 Å². The number of nitrogens with zero attached hydrogens (tertiary/aromatic N) is 1. The van der Waals surface area contributed by atoms with Crippen LogP contribution in [0.5, 0.6) is 0 Å². The Kier molecular flexibility index (Phi) is 3.50. The van der Waals surface area contributed by atoms with Gasteiger partial charge in [-0.2, -0.15) is 0 Å². The first-order valence-corrected chi connectivity index (χ1v) is 9.82. The lowest BCUT2D eigenvalue weighted by atomic mass is 9.95. The third-order valence-electron chi connectivity index (χ3n) is 5.59. The second-order valence-electron chi connectivity index (χ2n) is 7.41. The Hall–Kier alpha value is -3.91. The van der Waals surface area contributed by atoms with Crippen molar-refractivity contribution in [2.75, 3.05) is 0 Å². The molecule has 1 N–H and O–H groups in total. The number of aromatic amines is 1. The second kappa shape index (κ2) is 6.32. The Morgan fingerprint density at radius 1 is 0.552 bits per heavy atom. The van der Waals surface area contributed by atoms with Gasteiger partial charge in [0.1, 0.15) is 5.82 Å². The molecule has 0 aliphatic heterocycles. The average Bonchev–Trinajstić information content (AvgIpc) is 3.21. The molecule has 5 aromatic carbocycles. The highest BCUT2D eigenvalue weighted by molar-refractivity contribution is 6.05. The van der Waals surface area contributed by atoms with E-state index in [1.165, 1.54) is 32.7 Å². The highest BCUT2D eigenvalue weighted by atomic mass is 14.9. The van der Waals surface area contributed by atoms with Gasteiger partial charge in [0, 0.05) is 5.56 Å². The SMILES string of the molecule is c1ccc(-c2nc3ccc(-c4cccc5cc6ccccc6cc45)cc3[nH]2)cc1. The lowest BCUT2D eigenvalue weighted by Crippen LogP contribution is -1.83. The third kappa shape index (κ3) is 2.69. The number of benzene rings is 5. The molecule has 6 aromatic rings. The zero-order chi connectivity index (χ0) is 19.2. The van der Waals surface area contributed by atoms with E-state index in [1.807, 2.05) is 18.2 Å². The van der Waals surface area contributed by atoms with Gasteiger partial charge in [0.05, 0.1) is 11.0 Å². The maximum Gasteiger partial charge on any atom is 0.138 e. The van der Waals surface area contributed by atoms with Crippen LogP contribution in [0.3, 0.4) is 0 Å². The molecule has 6 rings (SSSR count). The van der Waals surface area contributed by atoms with Crippen molar-refractivity contribution in [1.82, 2.24) is 9.97 Å². The zero-order valence-electron chi connectivity index (χ0n) is 15.8. The van der Waals surface area contributed by atoms with E-state index in [2.05, 4.69) is 89.9 Å². The van der Waals surface area contributed by atoms with Crippen molar-refractivity contribution in [2.45, 2.75) is 0 Å². The lowest BCUT2D eigenvalue weighted by Gasteiger charge is -2.09. The fourth-order valence-electron chi connectivity index (χ4n) is 4.13. The molecule has 1 aromatic heterocycles. The van der Waals surface area contributed by atoms with Gasteiger partial charge >= 0.3 is 0 Å². The third-order valence-corrected chi connectivity index (χ3v) is 5.59. The molecular weight excluding hydrogens is 352 g/mol. The van der Waals surface area contributed by atoms with Gasteiger partial charge in [0.25, 0.3) is 0 Å². The number of aromatic nitrogens is 2. The van der Waals surface area contributed by atoms with Gasteiger partial charge in [-0.3, -0.25) is 0 Å². The van der Waals surface area contributed by atoms with Crippen molar-refractivity contribution in [3.8, 4) is 22.5 Å². The second-order valence-corrected chi connectivity index (χ2v) is 7.41. The van der Waals surface area contributed by atoms with Crippen LogP contribution >= 0.6 is 0 Å². The van der Waals surface area contributed by atoms with Gasteiger partial charge in [-0.25, -0.2) is 4.98 Å². The monoisotopic (exact) mass is 370 g/mol. The van der Waals surface area contributed by atoms with Crippen molar-refractivity contribution in [1.29, 1.82) is 0 Å². The fourth-order valence-corrected chi connectivity index (χ4v) is 4.13. The minimum absolute atomic E-state index is 0.904. The van der Waals surface area contributed by atoms with Crippen molar-refractivity contribution < 1.29 is 0 Å². The Labute approximate surface area is 168 Å². The first kappa shape index (κ1) is 16.1. The minimum atomic E-state index is 0.904. The summed E-state index contributed by atoms with van der Waals surface area (Å²) in [6, 6.07) is 36.4. The molecule has 0 saturated heterocycles. The van der Waals surface area contributed by atoms with Gasteiger partial charge in [0.2, 0.25) is 0 Å². The van der Waals surface area contributed by atoms with Crippen LogP contribution in [0.15, 0.2) is 103 Å². The summed E-state index contributed by atoms with van der Waals surface area (Å²) in [7, 11) is 0. The predicted octanol–water partition coefficient (Wildman–Crippen LogP) is 7.20. The standard InChI is InChI=1S/C27H18N2/c1-2-7-18(8-3-1)27-28-25-14-13-22(17-26(25)29-27)23-12-6-11-21-15-19-9-4-5-10-20(19)16-24(21)23/h1-17H,(H,28,29). The number of hydrogen-bond acceptors (Lipinski definition) is 1. The Bertz CT molecular complexity index is 1490. The highest BCUT2D eigenvalue weighted by Crippen LogP contribution is 2.33. The van der Waals surface area contributed by atoms with Gasteiger partial charge in [-0.1, -0.05) is 78.9 Å². The normalized spacial score (nSPS) is 11.4. The van der Waals surface area contributed by atoms with E-state index in [4.69, 9.17) is 4.98 Å². The van der Waals surface area contributed by atoms with E-state index < -0.39 is 0 Å². The Balaban J connectivity index is 1.54. The maximum atomic E-state index is 4.77. The number of imidazole rings is 1. The first-order chi connectivity index (χ1) is 14.3. The lowest BCUT2D eigenvalue weighted by molar-refractivity contribution is 1.34. The Morgan fingerprint density at radius 2 is 1.31 bits per heavy atom. The van der Waals surface area contributed by atoms with Crippen LogP contribution in [0.2, 0.25) is 0 Å². The first-order valence-electron chi connectivity index (χ1n) is 9.82. The van der Waals surface area contributed by atoms with Crippen molar-refractivity contribution in [3.05, 3.63) is 103 Å². The predicted molar refractivity (Wildman–Crippen MR) is 122 cm³/mol. The van der Waals surface area contributed by atoms with Gasteiger partial charge in [-0.05, 0) is 56.9 Å².